The van der Waals surface area contributed by atoms with Crippen molar-refractivity contribution in [2.24, 2.45) is 0 Å². The van der Waals surface area contributed by atoms with Crippen LogP contribution >= 0.6 is 11.3 Å². The maximum atomic E-state index is 4.78. The standard InChI is InChI=1S/C14H17N5S/c1-8-12-14(19(18-8)10-5-3-4-6-10)17-13(16-12)11-7-15-9(2)20-11/h7,10H,3-6H2,1-2H3,(H,16,17). The summed E-state index contributed by atoms with van der Waals surface area (Å²) in [6, 6.07) is 0.519. The molecule has 20 heavy (non-hydrogen) atoms. The van der Waals surface area contributed by atoms with Gasteiger partial charge in [-0.1, -0.05) is 12.8 Å². The Morgan fingerprint density at radius 3 is 2.80 bits per heavy atom. The Hall–Kier alpha value is -1.69. The number of aromatic nitrogens is 5. The molecule has 3 heterocycles. The first-order valence-electron chi connectivity index (χ1n) is 7.10. The smallest absolute Gasteiger partial charge is 0.177 e. The van der Waals surface area contributed by atoms with Crippen LogP contribution in [0.15, 0.2) is 6.20 Å². The molecule has 0 aromatic carbocycles. The Morgan fingerprint density at radius 1 is 1.30 bits per heavy atom. The minimum absolute atomic E-state index is 0.519. The van der Waals surface area contributed by atoms with Crippen LogP contribution in [-0.2, 0) is 0 Å². The number of hydrogen-bond acceptors (Lipinski definition) is 4. The van der Waals surface area contributed by atoms with Gasteiger partial charge < -0.3 is 4.98 Å². The second kappa shape index (κ2) is 4.41. The largest absolute Gasteiger partial charge is 0.334 e. The number of H-pyrrole nitrogens is 1. The second-order valence-corrected chi connectivity index (χ2v) is 6.73. The third-order valence-corrected chi connectivity index (χ3v) is 4.97. The van der Waals surface area contributed by atoms with Gasteiger partial charge >= 0.3 is 0 Å². The molecule has 3 aromatic rings. The van der Waals surface area contributed by atoms with E-state index in [4.69, 9.17) is 4.98 Å². The number of thiazole rings is 1. The number of aryl methyl sites for hydroxylation is 2. The topological polar surface area (TPSA) is 59.4 Å². The monoisotopic (exact) mass is 287 g/mol. The van der Waals surface area contributed by atoms with Crippen molar-refractivity contribution in [2.45, 2.75) is 45.6 Å². The molecule has 0 amide bonds. The molecule has 0 bridgehead atoms. The van der Waals surface area contributed by atoms with Crippen LogP contribution in [0.2, 0.25) is 0 Å². The number of nitrogens with one attached hydrogen (secondary N) is 1. The molecular weight excluding hydrogens is 270 g/mol. The van der Waals surface area contributed by atoms with Crippen molar-refractivity contribution in [1.29, 1.82) is 0 Å². The normalized spacial score (nSPS) is 16.5. The van der Waals surface area contributed by atoms with Crippen molar-refractivity contribution in [3.8, 4) is 10.7 Å². The van der Waals surface area contributed by atoms with E-state index in [0.717, 1.165) is 32.6 Å². The number of nitrogens with zero attached hydrogens (tertiary/aromatic N) is 4. The number of fused-ring (bicyclic) bond motifs is 1. The summed E-state index contributed by atoms with van der Waals surface area (Å²) < 4.78 is 2.13. The van der Waals surface area contributed by atoms with Crippen LogP contribution in [0, 0.1) is 13.8 Å². The van der Waals surface area contributed by atoms with Gasteiger partial charge in [0.2, 0.25) is 0 Å². The molecule has 0 saturated heterocycles. The molecule has 6 heteroatoms. The zero-order valence-electron chi connectivity index (χ0n) is 11.7. The highest BCUT2D eigenvalue weighted by atomic mass is 32.1. The molecule has 1 saturated carbocycles. The molecule has 5 nitrogen and oxygen atoms in total. The van der Waals surface area contributed by atoms with Gasteiger partial charge in [-0.3, -0.25) is 0 Å². The molecule has 0 radical (unpaired) electrons. The average molecular weight is 287 g/mol. The predicted molar refractivity (Wildman–Crippen MR) is 80.0 cm³/mol. The van der Waals surface area contributed by atoms with Crippen molar-refractivity contribution in [3.05, 3.63) is 16.9 Å². The fourth-order valence-electron chi connectivity index (χ4n) is 3.03. The van der Waals surface area contributed by atoms with E-state index in [1.54, 1.807) is 11.3 Å². The molecule has 1 aliphatic rings. The van der Waals surface area contributed by atoms with Crippen LogP contribution in [-0.4, -0.2) is 24.7 Å². The van der Waals surface area contributed by atoms with E-state index < -0.39 is 0 Å². The minimum atomic E-state index is 0.519. The lowest BCUT2D eigenvalue weighted by Crippen LogP contribution is -2.06. The summed E-state index contributed by atoms with van der Waals surface area (Å²) in [5.41, 5.74) is 3.10. The first-order chi connectivity index (χ1) is 9.72. The number of hydrogen-bond donors (Lipinski definition) is 1. The van der Waals surface area contributed by atoms with Gasteiger partial charge in [0, 0.05) is 6.20 Å². The Labute approximate surface area is 121 Å². The van der Waals surface area contributed by atoms with Crippen molar-refractivity contribution < 1.29 is 0 Å². The fourth-order valence-corrected chi connectivity index (χ4v) is 3.75. The van der Waals surface area contributed by atoms with Crippen LogP contribution in [0.5, 0.6) is 0 Å². The molecule has 0 unspecified atom stereocenters. The lowest BCUT2D eigenvalue weighted by molar-refractivity contribution is 0.476. The Kier molecular flexibility index (Phi) is 2.66. The lowest BCUT2D eigenvalue weighted by atomic mass is 10.2. The fraction of sp³-hybridized carbons (Fsp3) is 0.500. The van der Waals surface area contributed by atoms with Gasteiger partial charge in [-0.05, 0) is 26.7 Å². The van der Waals surface area contributed by atoms with Gasteiger partial charge in [-0.15, -0.1) is 11.3 Å². The highest BCUT2D eigenvalue weighted by Gasteiger charge is 2.23. The molecule has 0 spiro atoms. The molecule has 4 rings (SSSR count). The highest BCUT2D eigenvalue weighted by Crippen LogP contribution is 2.33. The molecule has 1 fully saturated rings. The van der Waals surface area contributed by atoms with Crippen LogP contribution in [0.3, 0.4) is 0 Å². The summed E-state index contributed by atoms with van der Waals surface area (Å²) in [4.78, 5) is 13.6. The molecule has 0 aliphatic heterocycles. The van der Waals surface area contributed by atoms with Crippen LogP contribution < -0.4 is 0 Å². The van der Waals surface area contributed by atoms with E-state index in [-0.39, 0.29) is 0 Å². The first kappa shape index (κ1) is 12.1. The summed E-state index contributed by atoms with van der Waals surface area (Å²) in [5.74, 6) is 0.915. The van der Waals surface area contributed by atoms with E-state index in [1.807, 2.05) is 20.0 Å². The maximum Gasteiger partial charge on any atom is 0.177 e. The Morgan fingerprint density at radius 2 is 2.10 bits per heavy atom. The summed E-state index contributed by atoms with van der Waals surface area (Å²) >= 11 is 1.67. The van der Waals surface area contributed by atoms with Crippen molar-refractivity contribution in [3.63, 3.8) is 0 Å². The molecule has 1 aliphatic carbocycles. The van der Waals surface area contributed by atoms with Gasteiger partial charge in [-0.25, -0.2) is 14.6 Å². The summed E-state index contributed by atoms with van der Waals surface area (Å²) in [6.45, 7) is 4.07. The lowest BCUT2D eigenvalue weighted by Gasteiger charge is -2.09. The van der Waals surface area contributed by atoms with Crippen molar-refractivity contribution >= 4 is 22.5 Å². The molecule has 104 valence electrons. The van der Waals surface area contributed by atoms with Crippen LogP contribution in [0.25, 0.3) is 21.9 Å². The van der Waals surface area contributed by atoms with Gasteiger partial charge in [0.1, 0.15) is 5.52 Å². The summed E-state index contributed by atoms with van der Waals surface area (Å²) in [5, 5.41) is 5.75. The Bertz CT molecular complexity index is 760. The molecular formula is C14H17N5S. The van der Waals surface area contributed by atoms with E-state index >= 15 is 0 Å². The van der Waals surface area contributed by atoms with E-state index in [0.29, 0.717) is 6.04 Å². The summed E-state index contributed by atoms with van der Waals surface area (Å²) in [7, 11) is 0. The van der Waals surface area contributed by atoms with Gasteiger partial charge in [0.25, 0.3) is 0 Å². The molecule has 1 N–H and O–H groups in total. The number of rotatable bonds is 2. The van der Waals surface area contributed by atoms with Crippen LogP contribution in [0.1, 0.15) is 42.4 Å². The predicted octanol–water partition coefficient (Wildman–Crippen LogP) is 3.61. The van der Waals surface area contributed by atoms with Crippen molar-refractivity contribution in [2.75, 3.05) is 0 Å². The number of imidazole rings is 1. The third-order valence-electron chi connectivity index (χ3n) is 4.05. The highest BCUT2D eigenvalue weighted by molar-refractivity contribution is 7.14. The summed E-state index contributed by atoms with van der Waals surface area (Å²) in [6.07, 6.45) is 6.93. The third kappa shape index (κ3) is 1.78. The van der Waals surface area contributed by atoms with Gasteiger partial charge in [-0.2, -0.15) is 5.10 Å². The molecule has 3 aromatic heterocycles. The average Bonchev–Trinajstić information content (AvgIpc) is 3.15. The number of aromatic amines is 1. The quantitative estimate of drug-likeness (QED) is 0.783. The van der Waals surface area contributed by atoms with Crippen LogP contribution in [0.4, 0.5) is 0 Å². The zero-order chi connectivity index (χ0) is 13.7. The molecule has 0 atom stereocenters. The maximum absolute atomic E-state index is 4.78. The SMILES string of the molecule is Cc1ncc(-c2nc3c([nH]2)c(C)nn3C2CCCC2)s1. The van der Waals surface area contributed by atoms with E-state index in [2.05, 4.69) is 19.7 Å². The second-order valence-electron chi connectivity index (χ2n) is 5.50. The first-order valence-corrected chi connectivity index (χ1v) is 7.91. The van der Waals surface area contributed by atoms with Gasteiger partial charge in [0.15, 0.2) is 11.5 Å². The van der Waals surface area contributed by atoms with Crippen molar-refractivity contribution in [1.82, 2.24) is 24.7 Å². The van der Waals surface area contributed by atoms with Gasteiger partial charge in [0.05, 0.1) is 21.6 Å². The Balaban J connectivity index is 1.84. The van der Waals surface area contributed by atoms with E-state index in [1.165, 1.54) is 25.7 Å². The minimum Gasteiger partial charge on any atom is -0.334 e. The van der Waals surface area contributed by atoms with E-state index in [9.17, 15) is 0 Å². The zero-order valence-corrected chi connectivity index (χ0v) is 12.5.